The minimum absolute atomic E-state index is 0.955. The van der Waals surface area contributed by atoms with E-state index < -0.39 is 7.26 Å². The molecule has 0 fully saturated rings. The number of rotatable bonds is 9. The normalized spacial score (nSPS) is 11.6. The zero-order valence-electron chi connectivity index (χ0n) is 15.9. The van der Waals surface area contributed by atoms with Crippen molar-refractivity contribution in [1.82, 2.24) is 0 Å². The van der Waals surface area contributed by atoms with Gasteiger partial charge in [0.15, 0.2) is 0 Å². The summed E-state index contributed by atoms with van der Waals surface area (Å²) in [5.41, 5.74) is 0. The number of hydrogen-bond acceptors (Lipinski definition) is 0. The van der Waals surface area contributed by atoms with Gasteiger partial charge >= 0.3 is 0 Å². The monoisotopic (exact) mass is 371 g/mol. The topological polar surface area (TPSA) is 0 Å². The third kappa shape index (κ3) is 4.65. The molecule has 0 N–H and O–H groups in total. The van der Waals surface area contributed by atoms with Gasteiger partial charge in [0.05, 0.1) is 6.16 Å². The Kier molecular flexibility index (Phi) is 7.19. The van der Waals surface area contributed by atoms with Crippen molar-refractivity contribution in [2.75, 3.05) is 6.16 Å². The number of benzene rings is 3. The van der Waals surface area contributed by atoms with Crippen LogP contribution in [0, 0.1) is 0 Å². The quantitative estimate of drug-likeness (QED) is 0.250. The summed E-state index contributed by atoms with van der Waals surface area (Å²) in [4.78, 5) is 0. The van der Waals surface area contributed by atoms with Crippen molar-refractivity contribution in [2.45, 2.75) is 19.3 Å². The van der Waals surface area contributed by atoms with Crippen LogP contribution in [0.3, 0.4) is 0 Å². The van der Waals surface area contributed by atoms with Crippen molar-refractivity contribution in [3.05, 3.63) is 116 Å². The van der Waals surface area contributed by atoms with Gasteiger partial charge in [0.25, 0.3) is 0 Å². The lowest BCUT2D eigenvalue weighted by Crippen LogP contribution is -2.33. The Labute approximate surface area is 164 Å². The SMILES string of the molecule is C=CC/C=C/CCC[P+](c1ccccc1)(c1ccccc1)c1ccccc1. The van der Waals surface area contributed by atoms with Crippen molar-refractivity contribution in [1.29, 1.82) is 0 Å². The molecule has 0 heterocycles. The van der Waals surface area contributed by atoms with Crippen molar-refractivity contribution in [2.24, 2.45) is 0 Å². The molecule has 3 rings (SSSR count). The van der Waals surface area contributed by atoms with Crippen molar-refractivity contribution < 1.29 is 0 Å². The molecule has 136 valence electrons. The zero-order chi connectivity index (χ0) is 18.8. The summed E-state index contributed by atoms with van der Waals surface area (Å²) in [6, 6.07) is 33.4. The zero-order valence-corrected chi connectivity index (χ0v) is 16.8. The van der Waals surface area contributed by atoms with Crippen LogP contribution in [-0.4, -0.2) is 6.16 Å². The third-order valence-electron chi connectivity index (χ3n) is 4.92. The van der Waals surface area contributed by atoms with Gasteiger partial charge in [-0.15, -0.1) is 6.58 Å². The van der Waals surface area contributed by atoms with Crippen LogP contribution in [0.1, 0.15) is 19.3 Å². The predicted molar refractivity (Wildman–Crippen MR) is 123 cm³/mol. The highest BCUT2D eigenvalue weighted by molar-refractivity contribution is 7.95. The molecule has 0 nitrogen and oxygen atoms in total. The first-order valence-electron chi connectivity index (χ1n) is 9.69. The first-order valence-corrected chi connectivity index (χ1v) is 11.7. The van der Waals surface area contributed by atoms with Crippen LogP contribution in [0.5, 0.6) is 0 Å². The van der Waals surface area contributed by atoms with Gasteiger partial charge in [-0.2, -0.15) is 0 Å². The highest BCUT2D eigenvalue weighted by atomic mass is 31.2. The van der Waals surface area contributed by atoms with Crippen LogP contribution < -0.4 is 15.9 Å². The molecule has 0 aliphatic rings. The predicted octanol–water partition coefficient (Wildman–Crippen LogP) is 5.89. The maximum atomic E-state index is 3.79. The maximum Gasteiger partial charge on any atom is 0.112 e. The van der Waals surface area contributed by atoms with Crippen molar-refractivity contribution in [3.63, 3.8) is 0 Å². The maximum absolute atomic E-state index is 3.79. The molecule has 3 aromatic carbocycles. The van der Waals surface area contributed by atoms with Crippen LogP contribution in [0.2, 0.25) is 0 Å². The van der Waals surface area contributed by atoms with E-state index in [0.717, 1.165) is 12.8 Å². The van der Waals surface area contributed by atoms with E-state index in [9.17, 15) is 0 Å². The van der Waals surface area contributed by atoms with Gasteiger partial charge in [0.2, 0.25) is 0 Å². The van der Waals surface area contributed by atoms with E-state index >= 15 is 0 Å². The second-order valence-corrected chi connectivity index (χ2v) is 10.3. The van der Waals surface area contributed by atoms with Gasteiger partial charge < -0.3 is 0 Å². The molecule has 0 atom stereocenters. The molecule has 0 aromatic heterocycles. The highest BCUT2D eigenvalue weighted by Gasteiger charge is 2.44. The molecule has 0 aliphatic heterocycles. The number of allylic oxidation sites excluding steroid dienone is 3. The van der Waals surface area contributed by atoms with Gasteiger partial charge in [-0.05, 0) is 55.7 Å². The molecule has 1 heteroatoms. The largest absolute Gasteiger partial charge is 0.112 e. The minimum atomic E-state index is -1.66. The van der Waals surface area contributed by atoms with E-state index in [4.69, 9.17) is 0 Å². The molecular weight excluding hydrogens is 343 g/mol. The molecular formula is C26H28P+. The lowest BCUT2D eigenvalue weighted by Gasteiger charge is -2.27. The fraction of sp³-hybridized carbons (Fsp3) is 0.154. The Balaban J connectivity index is 2.04. The minimum Gasteiger partial charge on any atom is -0.103 e. The van der Waals surface area contributed by atoms with Crippen LogP contribution in [-0.2, 0) is 0 Å². The Morgan fingerprint density at radius 3 is 1.48 bits per heavy atom. The Bertz CT molecular complexity index is 738. The van der Waals surface area contributed by atoms with E-state index in [2.05, 4.69) is 110 Å². The molecule has 0 spiro atoms. The van der Waals surface area contributed by atoms with Gasteiger partial charge in [-0.25, -0.2) is 0 Å². The fourth-order valence-corrected chi connectivity index (χ4v) is 8.01. The second kappa shape index (κ2) is 10.0. The molecule has 0 unspecified atom stereocenters. The van der Waals surface area contributed by atoms with Crippen LogP contribution in [0.25, 0.3) is 0 Å². The number of hydrogen-bond donors (Lipinski definition) is 0. The second-order valence-electron chi connectivity index (χ2n) is 6.68. The molecule has 0 aliphatic carbocycles. The molecule has 0 bridgehead atoms. The van der Waals surface area contributed by atoms with E-state index in [-0.39, 0.29) is 0 Å². The van der Waals surface area contributed by atoms with Crippen LogP contribution in [0.4, 0.5) is 0 Å². The van der Waals surface area contributed by atoms with Gasteiger partial charge in [-0.3, -0.25) is 0 Å². The summed E-state index contributed by atoms with van der Waals surface area (Å²) < 4.78 is 0. The smallest absolute Gasteiger partial charge is 0.103 e. The highest BCUT2D eigenvalue weighted by Crippen LogP contribution is 2.55. The number of unbranched alkanes of at least 4 members (excludes halogenated alkanes) is 1. The molecule has 0 saturated carbocycles. The van der Waals surface area contributed by atoms with Crippen LogP contribution >= 0.6 is 7.26 Å². The first-order chi connectivity index (χ1) is 13.4. The third-order valence-corrected chi connectivity index (χ3v) is 9.45. The van der Waals surface area contributed by atoms with Gasteiger partial charge in [-0.1, -0.05) is 72.8 Å². The molecule has 0 saturated heterocycles. The average molecular weight is 371 g/mol. The lowest BCUT2D eigenvalue weighted by molar-refractivity contribution is 0.961. The van der Waals surface area contributed by atoms with E-state index in [0.29, 0.717) is 0 Å². The van der Waals surface area contributed by atoms with E-state index in [1.165, 1.54) is 28.5 Å². The Morgan fingerprint density at radius 1 is 0.630 bits per heavy atom. The van der Waals surface area contributed by atoms with Gasteiger partial charge in [0, 0.05) is 0 Å². The van der Waals surface area contributed by atoms with E-state index in [1.54, 1.807) is 0 Å². The lowest BCUT2D eigenvalue weighted by atomic mass is 10.3. The van der Waals surface area contributed by atoms with Crippen LogP contribution in [0.15, 0.2) is 116 Å². The first kappa shape index (κ1) is 19.3. The Hall–Kier alpha value is -2.43. The Morgan fingerprint density at radius 2 is 1.07 bits per heavy atom. The molecule has 27 heavy (non-hydrogen) atoms. The van der Waals surface area contributed by atoms with E-state index in [1.807, 2.05) is 6.08 Å². The summed E-state index contributed by atoms with van der Waals surface area (Å²) in [6.07, 6.45) is 10.9. The summed E-state index contributed by atoms with van der Waals surface area (Å²) in [6.45, 7) is 3.79. The van der Waals surface area contributed by atoms with Crippen molar-refractivity contribution in [3.8, 4) is 0 Å². The molecule has 0 amide bonds. The van der Waals surface area contributed by atoms with Gasteiger partial charge in [0.1, 0.15) is 23.2 Å². The summed E-state index contributed by atoms with van der Waals surface area (Å²) in [5, 5.41) is 4.41. The standard InChI is InChI=1S/C26H28P/c1-2-3-4-5-6-16-23-27(24-17-10-7-11-18-24,25-19-12-8-13-20-25)26-21-14-9-15-22-26/h2,4-5,7-15,17-22H,1,3,6,16,23H2/q+1/b5-4+. The van der Waals surface area contributed by atoms with Crippen molar-refractivity contribution >= 4 is 23.2 Å². The molecule has 3 aromatic rings. The fourth-order valence-electron chi connectivity index (χ4n) is 3.64. The summed E-state index contributed by atoms with van der Waals surface area (Å²) in [5.74, 6) is 0. The summed E-state index contributed by atoms with van der Waals surface area (Å²) >= 11 is 0. The summed E-state index contributed by atoms with van der Waals surface area (Å²) in [7, 11) is -1.66. The average Bonchev–Trinajstić information content (AvgIpc) is 2.75. The molecule has 0 radical (unpaired) electrons.